The third-order valence-corrected chi connectivity index (χ3v) is 5.54. The molecule has 170 valence electrons. The predicted molar refractivity (Wildman–Crippen MR) is 117 cm³/mol. The molecular weight excluding hydrogens is 419 g/mol. The third-order valence-electron chi connectivity index (χ3n) is 5.54. The molecule has 0 spiro atoms. The van der Waals surface area contributed by atoms with E-state index in [0.29, 0.717) is 0 Å². The number of quaternary nitrogens is 1. The number of hydrogen-bond acceptors (Lipinski definition) is 6. The summed E-state index contributed by atoms with van der Waals surface area (Å²) in [4.78, 5) is 10.3. The van der Waals surface area contributed by atoms with E-state index in [4.69, 9.17) is 5.41 Å². The lowest BCUT2D eigenvalue weighted by Gasteiger charge is -2.29. The fourth-order valence-electron chi connectivity index (χ4n) is 3.75. The Kier molecular flexibility index (Phi) is 6.43. The van der Waals surface area contributed by atoms with E-state index in [0.717, 1.165) is 56.4 Å². The molecule has 0 radical (unpaired) electrons. The van der Waals surface area contributed by atoms with Crippen LogP contribution in [0, 0.1) is 5.41 Å². The second-order valence-electron chi connectivity index (χ2n) is 8.16. The Morgan fingerprint density at radius 3 is 2.81 bits per heavy atom. The van der Waals surface area contributed by atoms with Crippen molar-refractivity contribution in [3.63, 3.8) is 0 Å². The minimum absolute atomic E-state index is 0.0452. The summed E-state index contributed by atoms with van der Waals surface area (Å²) in [6.07, 6.45) is 2.21. The maximum atomic E-state index is 13.3. The first-order chi connectivity index (χ1) is 15.4. The molecule has 32 heavy (non-hydrogen) atoms. The summed E-state index contributed by atoms with van der Waals surface area (Å²) in [5, 5.41) is 15.4. The summed E-state index contributed by atoms with van der Waals surface area (Å²) in [5.41, 5.74) is 3.26. The summed E-state index contributed by atoms with van der Waals surface area (Å²) in [6.45, 7) is 2.39. The van der Waals surface area contributed by atoms with Crippen LogP contribution < -0.4 is 16.0 Å². The molecule has 2 heterocycles. The average molecular weight is 447 g/mol. The summed E-state index contributed by atoms with van der Waals surface area (Å²) in [5.74, 6) is -0.0411. The van der Waals surface area contributed by atoms with Crippen LogP contribution in [-0.2, 0) is 19.1 Å². The molecule has 1 aliphatic carbocycles. The number of aromatic nitrogens is 2. The van der Waals surface area contributed by atoms with Crippen molar-refractivity contribution in [1.82, 2.24) is 14.9 Å². The minimum Gasteiger partial charge on any atom is -0.367 e. The molecule has 7 nitrogen and oxygen atoms in total. The summed E-state index contributed by atoms with van der Waals surface area (Å²) >= 11 is 0. The molecule has 1 aliphatic heterocycles. The van der Waals surface area contributed by atoms with Crippen LogP contribution in [0.1, 0.15) is 29.5 Å². The first-order valence-corrected chi connectivity index (χ1v) is 10.7. The number of fused-ring (bicyclic) bond motifs is 1. The number of nitrogens with two attached hydrogens (primary N) is 1. The highest BCUT2D eigenvalue weighted by Gasteiger charge is 2.37. The van der Waals surface area contributed by atoms with Gasteiger partial charge in [-0.15, -0.1) is 0 Å². The largest absolute Gasteiger partial charge is 0.421 e. The molecule has 0 bridgehead atoms. The molecule has 5 N–H and O–H groups in total. The fraction of sp³-hybridized carbons (Fsp3) is 0.409. The van der Waals surface area contributed by atoms with E-state index in [1.54, 1.807) is 0 Å². The molecule has 1 fully saturated rings. The Morgan fingerprint density at radius 1 is 1.31 bits per heavy atom. The third kappa shape index (κ3) is 5.43. The number of alkyl halides is 3. The quantitative estimate of drug-likeness (QED) is 0.468. The number of rotatable bonds is 8. The van der Waals surface area contributed by atoms with E-state index in [2.05, 4.69) is 25.5 Å². The molecular formula is C22H27F3N7+. The highest BCUT2D eigenvalue weighted by atomic mass is 19.4. The van der Waals surface area contributed by atoms with Gasteiger partial charge in [-0.2, -0.15) is 18.2 Å². The van der Waals surface area contributed by atoms with Crippen LogP contribution in [0.15, 0.2) is 36.2 Å². The van der Waals surface area contributed by atoms with Gasteiger partial charge in [0.25, 0.3) is 0 Å². The second kappa shape index (κ2) is 9.25. The SMILES string of the molecule is C[NH2+]/C=C(\C=N)CN1CCc2cc(Nc3ncc(C(F)(F)F)c(NC4CC4)n3)ccc2C1. The minimum atomic E-state index is -4.50. The van der Waals surface area contributed by atoms with Gasteiger partial charge in [-0.25, -0.2) is 4.98 Å². The molecule has 0 saturated heterocycles. The lowest BCUT2D eigenvalue weighted by molar-refractivity contribution is -0.557. The van der Waals surface area contributed by atoms with Gasteiger partial charge >= 0.3 is 6.18 Å². The number of anilines is 3. The van der Waals surface area contributed by atoms with E-state index in [-0.39, 0.29) is 17.8 Å². The molecule has 4 rings (SSSR count). The average Bonchev–Trinajstić information content (AvgIpc) is 3.57. The Balaban J connectivity index is 1.47. The number of hydrogen-bond donors (Lipinski definition) is 4. The fourth-order valence-corrected chi connectivity index (χ4v) is 3.75. The molecule has 0 amide bonds. The van der Waals surface area contributed by atoms with Crippen molar-refractivity contribution < 1.29 is 18.5 Å². The summed E-state index contributed by atoms with van der Waals surface area (Å²) < 4.78 is 39.8. The second-order valence-corrected chi connectivity index (χ2v) is 8.16. The van der Waals surface area contributed by atoms with Crippen molar-refractivity contribution >= 4 is 23.7 Å². The Bertz CT molecular complexity index is 1020. The predicted octanol–water partition coefficient (Wildman–Crippen LogP) is 2.90. The lowest BCUT2D eigenvalue weighted by Crippen LogP contribution is -2.73. The van der Waals surface area contributed by atoms with Crippen molar-refractivity contribution in [1.29, 1.82) is 5.41 Å². The van der Waals surface area contributed by atoms with E-state index in [1.165, 1.54) is 17.3 Å². The molecule has 2 aliphatic rings. The molecule has 1 aromatic carbocycles. The summed E-state index contributed by atoms with van der Waals surface area (Å²) in [6, 6.07) is 5.97. The van der Waals surface area contributed by atoms with E-state index in [1.807, 2.05) is 36.8 Å². The van der Waals surface area contributed by atoms with E-state index < -0.39 is 11.7 Å². The van der Waals surface area contributed by atoms with Gasteiger partial charge in [0.05, 0.1) is 13.2 Å². The zero-order valence-corrected chi connectivity index (χ0v) is 17.8. The zero-order chi connectivity index (χ0) is 22.7. The van der Waals surface area contributed by atoms with Crippen LogP contribution in [0.5, 0.6) is 0 Å². The maximum Gasteiger partial charge on any atom is 0.421 e. The van der Waals surface area contributed by atoms with E-state index >= 15 is 0 Å². The van der Waals surface area contributed by atoms with Crippen LogP contribution in [0.4, 0.5) is 30.6 Å². The topological polar surface area (TPSA) is 93.5 Å². The molecule has 2 aromatic rings. The van der Waals surface area contributed by atoms with Gasteiger partial charge in [-0.1, -0.05) is 6.07 Å². The first-order valence-electron chi connectivity index (χ1n) is 10.7. The van der Waals surface area contributed by atoms with Crippen molar-refractivity contribution in [2.45, 2.75) is 38.0 Å². The molecule has 1 saturated carbocycles. The van der Waals surface area contributed by atoms with Crippen molar-refractivity contribution in [3.8, 4) is 0 Å². The molecule has 0 atom stereocenters. The normalized spacial score (nSPS) is 17.1. The number of benzene rings is 1. The van der Waals surface area contributed by atoms with Crippen LogP contribution in [0.25, 0.3) is 0 Å². The van der Waals surface area contributed by atoms with Gasteiger partial charge in [-0.05, 0) is 42.5 Å². The number of halogens is 3. The first kappa shape index (κ1) is 22.2. The summed E-state index contributed by atoms with van der Waals surface area (Å²) in [7, 11) is 1.94. The monoisotopic (exact) mass is 446 g/mol. The highest BCUT2D eigenvalue weighted by Crippen LogP contribution is 2.36. The van der Waals surface area contributed by atoms with Crippen LogP contribution >= 0.6 is 0 Å². The van der Waals surface area contributed by atoms with Crippen LogP contribution in [0.2, 0.25) is 0 Å². The van der Waals surface area contributed by atoms with Crippen molar-refractivity contribution in [2.75, 3.05) is 30.8 Å². The van der Waals surface area contributed by atoms with Gasteiger partial charge in [0.1, 0.15) is 11.4 Å². The maximum absolute atomic E-state index is 13.3. The molecule has 0 unspecified atom stereocenters. The molecule has 1 aromatic heterocycles. The number of nitrogens with one attached hydrogen (secondary N) is 3. The van der Waals surface area contributed by atoms with Crippen molar-refractivity contribution in [3.05, 3.63) is 52.9 Å². The van der Waals surface area contributed by atoms with Gasteiger partial charge in [-0.3, -0.25) is 4.90 Å². The van der Waals surface area contributed by atoms with Gasteiger partial charge in [0.2, 0.25) is 5.95 Å². The van der Waals surface area contributed by atoms with Gasteiger partial charge < -0.3 is 21.4 Å². The Morgan fingerprint density at radius 2 is 2.12 bits per heavy atom. The zero-order valence-electron chi connectivity index (χ0n) is 17.8. The van der Waals surface area contributed by atoms with Gasteiger partial charge in [0, 0.05) is 49.3 Å². The number of nitrogens with zero attached hydrogens (tertiary/aromatic N) is 3. The standard InChI is InChI=1S/C22H26F3N7/c1-27-10-14(9-26)12-32-7-6-15-8-18(3-2-16(15)13-32)30-21-28-11-19(22(23,24)25)20(31-21)29-17-4-5-17/h2-3,8-11,17,26-27H,4-7,12-13H2,1H3,(H2,28,29,30,31)/p+1/b14-10+,26-9?. The van der Waals surface area contributed by atoms with Crippen LogP contribution in [0.3, 0.4) is 0 Å². The van der Waals surface area contributed by atoms with Gasteiger partial charge in [0.15, 0.2) is 0 Å². The van der Waals surface area contributed by atoms with Crippen LogP contribution in [-0.4, -0.2) is 47.3 Å². The molecule has 10 heteroatoms. The highest BCUT2D eigenvalue weighted by molar-refractivity contribution is 5.75. The Hall–Kier alpha value is -2.98. The smallest absolute Gasteiger partial charge is 0.367 e. The Labute approximate surface area is 184 Å². The van der Waals surface area contributed by atoms with E-state index in [9.17, 15) is 13.2 Å². The lowest BCUT2D eigenvalue weighted by atomic mass is 9.98. The van der Waals surface area contributed by atoms with Crippen molar-refractivity contribution in [2.24, 2.45) is 0 Å².